The summed E-state index contributed by atoms with van der Waals surface area (Å²) in [4.78, 5) is 12.2. The lowest BCUT2D eigenvalue weighted by atomic mass is 10.1. The van der Waals surface area contributed by atoms with Gasteiger partial charge in [-0.15, -0.1) is 0 Å². The highest BCUT2D eigenvalue weighted by atomic mass is 79.9. The third kappa shape index (κ3) is 4.86. The third-order valence-electron chi connectivity index (χ3n) is 3.37. The molecule has 0 aromatic heterocycles. The van der Waals surface area contributed by atoms with Crippen molar-refractivity contribution in [3.05, 3.63) is 62.6 Å². The highest BCUT2D eigenvalue weighted by Gasteiger charge is 2.08. The van der Waals surface area contributed by atoms with E-state index in [-0.39, 0.29) is 5.91 Å². The van der Waals surface area contributed by atoms with Gasteiger partial charge in [-0.3, -0.25) is 4.79 Å². The van der Waals surface area contributed by atoms with Gasteiger partial charge in [0.2, 0.25) is 5.91 Å². The van der Waals surface area contributed by atoms with E-state index in [1.54, 1.807) is 6.08 Å². The van der Waals surface area contributed by atoms with Crippen molar-refractivity contribution in [1.29, 1.82) is 0 Å². The molecule has 3 nitrogen and oxygen atoms in total. The molecule has 2 rings (SSSR count). The maximum atomic E-state index is 12.2. The Labute approximate surface area is 155 Å². The Morgan fingerprint density at radius 1 is 1.29 bits per heavy atom. The predicted molar refractivity (Wildman–Crippen MR) is 104 cm³/mol. The molecule has 0 spiro atoms. The highest BCUT2D eigenvalue weighted by molar-refractivity contribution is 9.10. The Bertz CT molecular complexity index is 764. The lowest BCUT2D eigenvalue weighted by molar-refractivity contribution is -0.111. The smallest absolute Gasteiger partial charge is 0.248 e. The monoisotopic (exact) mass is 407 g/mol. The van der Waals surface area contributed by atoms with Crippen LogP contribution in [0.3, 0.4) is 0 Å². The molecule has 0 saturated heterocycles. The van der Waals surface area contributed by atoms with Crippen molar-refractivity contribution in [3.8, 4) is 5.75 Å². The van der Waals surface area contributed by atoms with Crippen LogP contribution in [-0.2, 0) is 4.79 Å². The quantitative estimate of drug-likeness (QED) is 0.638. The Morgan fingerprint density at radius 2 is 2.04 bits per heavy atom. The summed E-state index contributed by atoms with van der Waals surface area (Å²) in [6.45, 7) is 6.36. The van der Waals surface area contributed by atoms with Crippen molar-refractivity contribution in [2.75, 3.05) is 11.9 Å². The first-order chi connectivity index (χ1) is 11.4. The lowest BCUT2D eigenvalue weighted by Crippen LogP contribution is -2.09. The summed E-state index contributed by atoms with van der Waals surface area (Å²) in [5.41, 5.74) is 3.45. The number of hydrogen-bond donors (Lipinski definition) is 1. The zero-order valence-electron chi connectivity index (χ0n) is 13.8. The number of hydrogen-bond acceptors (Lipinski definition) is 2. The van der Waals surface area contributed by atoms with Crippen LogP contribution in [0, 0.1) is 13.8 Å². The second-order valence-corrected chi connectivity index (χ2v) is 6.70. The van der Waals surface area contributed by atoms with E-state index in [9.17, 15) is 4.79 Å². The van der Waals surface area contributed by atoms with Crippen LogP contribution in [0.1, 0.15) is 23.6 Å². The average Bonchev–Trinajstić information content (AvgIpc) is 2.51. The van der Waals surface area contributed by atoms with Gasteiger partial charge in [0.05, 0.1) is 17.3 Å². The lowest BCUT2D eigenvalue weighted by Gasteiger charge is -2.10. The van der Waals surface area contributed by atoms with Crippen LogP contribution in [0.4, 0.5) is 5.69 Å². The van der Waals surface area contributed by atoms with Crippen molar-refractivity contribution < 1.29 is 9.53 Å². The Balaban J connectivity index is 2.18. The van der Waals surface area contributed by atoms with E-state index >= 15 is 0 Å². The second kappa shape index (κ2) is 8.36. The minimum absolute atomic E-state index is 0.244. The molecule has 1 N–H and O–H groups in total. The zero-order chi connectivity index (χ0) is 17.7. The van der Waals surface area contributed by atoms with E-state index in [0.29, 0.717) is 17.3 Å². The van der Waals surface area contributed by atoms with Crippen LogP contribution in [0.15, 0.2) is 40.9 Å². The number of rotatable bonds is 5. The summed E-state index contributed by atoms with van der Waals surface area (Å²) >= 11 is 9.64. The van der Waals surface area contributed by atoms with Crippen molar-refractivity contribution in [2.24, 2.45) is 0 Å². The van der Waals surface area contributed by atoms with Crippen LogP contribution < -0.4 is 10.1 Å². The third-order valence-corrected chi connectivity index (χ3v) is 4.16. The maximum absolute atomic E-state index is 12.2. The van der Waals surface area contributed by atoms with Crippen molar-refractivity contribution in [3.63, 3.8) is 0 Å². The fraction of sp³-hybridized carbons (Fsp3) is 0.211. The van der Waals surface area contributed by atoms with E-state index in [4.69, 9.17) is 16.3 Å². The van der Waals surface area contributed by atoms with Gasteiger partial charge in [0, 0.05) is 16.1 Å². The molecule has 0 fully saturated rings. The minimum atomic E-state index is -0.244. The molecule has 0 radical (unpaired) electrons. The van der Waals surface area contributed by atoms with Crippen LogP contribution >= 0.6 is 27.5 Å². The first kappa shape index (κ1) is 18.6. The number of amides is 1. The molecule has 5 heteroatoms. The number of ether oxygens (including phenoxy) is 1. The molecular formula is C19H19BrClNO2. The average molecular weight is 409 g/mol. The van der Waals surface area contributed by atoms with Crippen LogP contribution in [0.25, 0.3) is 6.08 Å². The molecule has 0 atom stereocenters. The Kier molecular flexibility index (Phi) is 6.46. The van der Waals surface area contributed by atoms with Crippen LogP contribution in [0.2, 0.25) is 5.02 Å². The first-order valence-corrected chi connectivity index (χ1v) is 8.76. The number of nitrogens with one attached hydrogen (secondary N) is 1. The molecule has 0 heterocycles. The standard InChI is InChI=1S/C19H19BrClNO2/c1-4-24-17-7-6-15(20)11-14(17)5-8-18(23)22-19-13(3)9-12(2)10-16(19)21/h5-11H,4H2,1-3H3,(H,22,23). The summed E-state index contributed by atoms with van der Waals surface area (Å²) < 4.78 is 6.49. The molecule has 1 amide bonds. The number of aryl methyl sites for hydroxylation is 2. The van der Waals surface area contributed by atoms with E-state index in [2.05, 4.69) is 21.2 Å². The highest BCUT2D eigenvalue weighted by Crippen LogP contribution is 2.28. The van der Waals surface area contributed by atoms with E-state index in [1.807, 2.05) is 51.1 Å². The summed E-state index contributed by atoms with van der Waals surface area (Å²) in [7, 11) is 0. The fourth-order valence-electron chi connectivity index (χ4n) is 2.34. The number of carbonyl (C=O) groups is 1. The maximum Gasteiger partial charge on any atom is 0.248 e. The summed E-state index contributed by atoms with van der Waals surface area (Å²) in [6.07, 6.45) is 3.20. The van der Waals surface area contributed by atoms with Gasteiger partial charge in [-0.25, -0.2) is 0 Å². The summed E-state index contributed by atoms with van der Waals surface area (Å²) in [6, 6.07) is 9.48. The van der Waals surface area contributed by atoms with Crippen molar-refractivity contribution in [1.82, 2.24) is 0 Å². The van der Waals surface area contributed by atoms with Gasteiger partial charge < -0.3 is 10.1 Å². The largest absolute Gasteiger partial charge is 0.493 e. The van der Waals surface area contributed by atoms with Gasteiger partial charge in [0.15, 0.2) is 0 Å². The van der Waals surface area contributed by atoms with Gasteiger partial charge >= 0.3 is 0 Å². The topological polar surface area (TPSA) is 38.3 Å². The van der Waals surface area contributed by atoms with Gasteiger partial charge in [0.25, 0.3) is 0 Å². The number of carbonyl (C=O) groups excluding carboxylic acids is 1. The van der Waals surface area contributed by atoms with E-state index in [0.717, 1.165) is 26.9 Å². The molecule has 0 bridgehead atoms. The van der Waals surface area contributed by atoms with Gasteiger partial charge in [-0.05, 0) is 62.2 Å². The summed E-state index contributed by atoms with van der Waals surface area (Å²) in [5.74, 6) is 0.487. The molecule has 2 aromatic carbocycles. The van der Waals surface area contributed by atoms with Gasteiger partial charge in [-0.2, -0.15) is 0 Å². The first-order valence-electron chi connectivity index (χ1n) is 7.59. The molecule has 0 aliphatic heterocycles. The van der Waals surface area contributed by atoms with Crippen molar-refractivity contribution >= 4 is 45.2 Å². The molecule has 0 aliphatic rings. The molecular weight excluding hydrogens is 390 g/mol. The van der Waals surface area contributed by atoms with E-state index in [1.165, 1.54) is 6.08 Å². The molecule has 0 unspecified atom stereocenters. The minimum Gasteiger partial charge on any atom is -0.493 e. The molecule has 24 heavy (non-hydrogen) atoms. The van der Waals surface area contributed by atoms with Crippen LogP contribution in [-0.4, -0.2) is 12.5 Å². The number of benzene rings is 2. The Morgan fingerprint density at radius 3 is 2.71 bits per heavy atom. The van der Waals surface area contributed by atoms with Gasteiger partial charge in [-0.1, -0.05) is 33.6 Å². The summed E-state index contributed by atoms with van der Waals surface area (Å²) in [5, 5.41) is 3.37. The number of anilines is 1. The normalized spacial score (nSPS) is 10.9. The number of halogens is 2. The van der Waals surface area contributed by atoms with Crippen molar-refractivity contribution in [2.45, 2.75) is 20.8 Å². The molecule has 126 valence electrons. The fourth-order valence-corrected chi connectivity index (χ4v) is 3.09. The molecule has 2 aromatic rings. The second-order valence-electron chi connectivity index (χ2n) is 5.38. The molecule has 0 aliphatic carbocycles. The van der Waals surface area contributed by atoms with Gasteiger partial charge in [0.1, 0.15) is 5.75 Å². The zero-order valence-corrected chi connectivity index (χ0v) is 16.2. The SMILES string of the molecule is CCOc1ccc(Br)cc1C=CC(=O)Nc1c(C)cc(C)cc1Cl. The predicted octanol–water partition coefficient (Wildman–Crippen LogP) is 5.77. The van der Waals surface area contributed by atoms with E-state index < -0.39 is 0 Å². The molecule has 0 saturated carbocycles. The van der Waals surface area contributed by atoms with Crippen LogP contribution in [0.5, 0.6) is 5.75 Å². The Hall–Kier alpha value is -1.78.